The smallest absolute Gasteiger partial charge is 0.243 e. The van der Waals surface area contributed by atoms with Crippen molar-refractivity contribution in [3.05, 3.63) is 66.4 Å². The van der Waals surface area contributed by atoms with Gasteiger partial charge in [-0.3, -0.25) is 4.98 Å². The second kappa shape index (κ2) is 11.7. The molecule has 1 spiro atoms. The summed E-state index contributed by atoms with van der Waals surface area (Å²) in [6, 6.07) is 15.6. The molecule has 2 N–H and O–H groups in total. The molecule has 1 unspecified atom stereocenters. The Bertz CT molecular complexity index is 1550. The van der Waals surface area contributed by atoms with Crippen molar-refractivity contribution in [3.8, 4) is 5.75 Å². The fourth-order valence-electron chi connectivity index (χ4n) is 5.40. The van der Waals surface area contributed by atoms with E-state index in [4.69, 9.17) is 9.47 Å². The number of hydrogen-bond donors (Lipinski definition) is 2. The summed E-state index contributed by atoms with van der Waals surface area (Å²) in [5.74, 6) is 0.438. The molecule has 0 radical (unpaired) electrons. The summed E-state index contributed by atoms with van der Waals surface area (Å²) in [6.07, 6.45) is 4.05. The molecule has 2 aliphatic heterocycles. The van der Waals surface area contributed by atoms with Gasteiger partial charge in [0.05, 0.1) is 28.4 Å². The summed E-state index contributed by atoms with van der Waals surface area (Å²) in [7, 11) is -6.77. The van der Waals surface area contributed by atoms with E-state index in [9.17, 15) is 21.9 Å². The number of ether oxygens (including phenoxy) is 2. The highest BCUT2D eigenvalue weighted by Crippen LogP contribution is 2.37. The molecule has 3 aromatic rings. The third-order valence-corrected chi connectivity index (χ3v) is 10.2. The number of aromatic nitrogens is 1. The van der Waals surface area contributed by atoms with E-state index in [1.54, 1.807) is 54.7 Å². The molecular weight excluding hydrogens is 554 g/mol. The molecule has 2 fully saturated rings. The minimum atomic E-state index is -3.62. The first-order valence-electron chi connectivity index (χ1n) is 13.3. The summed E-state index contributed by atoms with van der Waals surface area (Å²) in [5.41, 5.74) is 1.01. The van der Waals surface area contributed by atoms with Gasteiger partial charge in [-0.25, -0.2) is 16.8 Å². The van der Waals surface area contributed by atoms with Gasteiger partial charge >= 0.3 is 0 Å². The number of pyridine rings is 1. The molecule has 1 aromatic heterocycles. The average molecular weight is 590 g/mol. The molecular formula is C28H35N3O7S2. The topological polar surface area (TPSA) is 135 Å². The number of nitrogens with one attached hydrogen (secondary N) is 1. The SMILES string of the molecule is CS(=O)(=O)Cc1cccc(OCC(O)CN[C@H]2COC3(CCN(S(=O)(=O)c4ccc5ncccc5c4)CC3)C2)c1. The van der Waals surface area contributed by atoms with Crippen LogP contribution in [0.1, 0.15) is 24.8 Å². The number of aliphatic hydroxyl groups excluding tert-OH is 1. The maximum atomic E-state index is 13.3. The third kappa shape index (κ3) is 6.99. The Morgan fingerprint density at radius 3 is 2.70 bits per heavy atom. The van der Waals surface area contributed by atoms with Crippen LogP contribution in [-0.2, 0) is 30.4 Å². The van der Waals surface area contributed by atoms with E-state index in [0.717, 1.165) is 17.3 Å². The summed E-state index contributed by atoms with van der Waals surface area (Å²) in [5, 5.41) is 14.6. The fraction of sp³-hybridized carbons (Fsp3) is 0.464. The van der Waals surface area contributed by atoms with Crippen LogP contribution >= 0.6 is 0 Å². The zero-order valence-electron chi connectivity index (χ0n) is 22.4. The average Bonchev–Trinajstić information content (AvgIpc) is 3.32. The zero-order valence-corrected chi connectivity index (χ0v) is 24.0. The van der Waals surface area contributed by atoms with Crippen molar-refractivity contribution in [2.24, 2.45) is 0 Å². The molecule has 3 heterocycles. The lowest BCUT2D eigenvalue weighted by Crippen LogP contribution is -2.47. The van der Waals surface area contributed by atoms with Crippen molar-refractivity contribution in [2.75, 3.05) is 39.1 Å². The second-order valence-electron chi connectivity index (χ2n) is 10.7. The minimum absolute atomic E-state index is 0.0453. The highest BCUT2D eigenvalue weighted by Gasteiger charge is 2.44. The van der Waals surface area contributed by atoms with Crippen molar-refractivity contribution in [3.63, 3.8) is 0 Å². The van der Waals surface area contributed by atoms with Crippen LogP contribution in [0, 0.1) is 0 Å². The normalized spacial score (nSPS) is 20.6. The summed E-state index contributed by atoms with van der Waals surface area (Å²) < 4.78 is 63.1. The summed E-state index contributed by atoms with van der Waals surface area (Å²) in [4.78, 5) is 4.54. The molecule has 216 valence electrons. The molecule has 0 aliphatic carbocycles. The molecule has 2 aliphatic rings. The van der Waals surface area contributed by atoms with E-state index in [1.807, 2.05) is 6.07 Å². The highest BCUT2D eigenvalue weighted by molar-refractivity contribution is 7.90. The van der Waals surface area contributed by atoms with Gasteiger partial charge in [-0.1, -0.05) is 18.2 Å². The molecule has 0 amide bonds. The first-order valence-corrected chi connectivity index (χ1v) is 16.8. The second-order valence-corrected chi connectivity index (χ2v) is 14.8. The Morgan fingerprint density at radius 1 is 1.12 bits per heavy atom. The minimum Gasteiger partial charge on any atom is -0.491 e. The first-order chi connectivity index (χ1) is 19.0. The molecule has 10 nitrogen and oxygen atoms in total. The Labute approximate surface area is 235 Å². The van der Waals surface area contributed by atoms with Gasteiger partial charge in [-0.15, -0.1) is 0 Å². The van der Waals surface area contributed by atoms with Crippen LogP contribution in [-0.4, -0.2) is 88.1 Å². The fourth-order valence-corrected chi connectivity index (χ4v) is 7.67. The number of sulfone groups is 1. The van der Waals surface area contributed by atoms with E-state index in [0.29, 0.717) is 50.4 Å². The molecule has 12 heteroatoms. The van der Waals surface area contributed by atoms with E-state index >= 15 is 0 Å². The lowest BCUT2D eigenvalue weighted by atomic mass is 9.88. The lowest BCUT2D eigenvalue weighted by Gasteiger charge is -2.38. The predicted octanol–water partition coefficient (Wildman–Crippen LogP) is 2.12. The monoisotopic (exact) mass is 589 g/mol. The molecule has 5 rings (SSSR count). The summed E-state index contributed by atoms with van der Waals surface area (Å²) in [6.45, 7) is 1.63. The van der Waals surface area contributed by atoms with E-state index < -0.39 is 26.0 Å². The van der Waals surface area contributed by atoms with E-state index in [1.165, 1.54) is 10.6 Å². The third-order valence-electron chi connectivity index (χ3n) is 7.47. The van der Waals surface area contributed by atoms with Gasteiger partial charge in [-0.2, -0.15) is 4.31 Å². The van der Waals surface area contributed by atoms with Gasteiger partial charge < -0.3 is 19.9 Å². The van der Waals surface area contributed by atoms with Gasteiger partial charge in [0, 0.05) is 43.5 Å². The Hall–Kier alpha value is -2.61. The lowest BCUT2D eigenvalue weighted by molar-refractivity contribution is -0.0312. The van der Waals surface area contributed by atoms with Gasteiger partial charge in [0.15, 0.2) is 9.84 Å². The molecule has 0 bridgehead atoms. The van der Waals surface area contributed by atoms with Crippen LogP contribution in [0.4, 0.5) is 0 Å². The zero-order chi connectivity index (χ0) is 28.4. The predicted molar refractivity (Wildman–Crippen MR) is 151 cm³/mol. The number of fused-ring (bicyclic) bond motifs is 1. The van der Waals surface area contributed by atoms with Gasteiger partial charge in [0.1, 0.15) is 18.5 Å². The standard InChI is InChI=1S/C28H35N3O7S2/c1-39(33,34)20-21-4-2-6-25(14-21)37-19-24(32)17-30-23-16-28(38-18-23)9-12-31(13-10-28)40(35,36)26-7-8-27-22(15-26)5-3-11-29-27/h2-8,11,14-15,23-24,30,32H,9-10,12-13,16-20H2,1H3/t23-,24?/m1/s1. The molecule has 2 saturated heterocycles. The maximum Gasteiger partial charge on any atom is 0.243 e. The maximum absolute atomic E-state index is 13.3. The molecule has 40 heavy (non-hydrogen) atoms. The number of nitrogens with zero attached hydrogens (tertiary/aromatic N) is 2. The van der Waals surface area contributed by atoms with Crippen LogP contribution < -0.4 is 10.1 Å². The van der Waals surface area contributed by atoms with Crippen LogP contribution in [0.2, 0.25) is 0 Å². The van der Waals surface area contributed by atoms with Gasteiger partial charge in [0.2, 0.25) is 10.0 Å². The molecule has 2 atom stereocenters. The Balaban J connectivity index is 1.08. The van der Waals surface area contributed by atoms with Crippen LogP contribution in [0.3, 0.4) is 0 Å². The van der Waals surface area contributed by atoms with Crippen molar-refractivity contribution >= 4 is 30.8 Å². The Morgan fingerprint density at radius 2 is 1.93 bits per heavy atom. The number of rotatable bonds is 10. The molecule has 0 saturated carbocycles. The van der Waals surface area contributed by atoms with Crippen molar-refractivity contribution in [1.82, 2.24) is 14.6 Å². The van der Waals surface area contributed by atoms with Gasteiger partial charge in [-0.05, 0) is 61.2 Å². The van der Waals surface area contributed by atoms with Crippen LogP contribution in [0.15, 0.2) is 65.7 Å². The highest BCUT2D eigenvalue weighted by atomic mass is 32.2. The van der Waals surface area contributed by atoms with Gasteiger partial charge in [0.25, 0.3) is 0 Å². The summed E-state index contributed by atoms with van der Waals surface area (Å²) >= 11 is 0. The Kier molecular flexibility index (Phi) is 8.46. The number of hydrogen-bond acceptors (Lipinski definition) is 9. The van der Waals surface area contributed by atoms with Crippen molar-refractivity contribution < 1.29 is 31.4 Å². The number of aliphatic hydroxyl groups is 1. The quantitative estimate of drug-likeness (QED) is 0.365. The van der Waals surface area contributed by atoms with Crippen molar-refractivity contribution in [1.29, 1.82) is 0 Å². The van der Waals surface area contributed by atoms with Crippen LogP contribution in [0.25, 0.3) is 10.9 Å². The van der Waals surface area contributed by atoms with Crippen LogP contribution in [0.5, 0.6) is 5.75 Å². The van der Waals surface area contributed by atoms with Crippen molar-refractivity contribution in [2.45, 2.75) is 47.7 Å². The first kappa shape index (κ1) is 28.9. The largest absolute Gasteiger partial charge is 0.491 e. The number of benzene rings is 2. The molecule has 2 aromatic carbocycles. The number of piperidine rings is 1. The van der Waals surface area contributed by atoms with E-state index in [2.05, 4.69) is 10.3 Å². The number of sulfonamides is 1. The van der Waals surface area contributed by atoms with E-state index in [-0.39, 0.29) is 28.9 Å².